The molecule has 0 bridgehead atoms. The molecule has 0 aromatic carbocycles. The zero-order valence-electron chi connectivity index (χ0n) is 4.47. The molecule has 0 aliphatic heterocycles. The van der Waals surface area contributed by atoms with E-state index in [-0.39, 0.29) is 27.0 Å². The molecule has 0 fully saturated rings. The van der Waals surface area contributed by atoms with Gasteiger partial charge < -0.3 is 10.1 Å². The molecule has 0 unspecified atom stereocenters. The van der Waals surface area contributed by atoms with Crippen molar-refractivity contribution in [3.8, 4) is 0 Å². The van der Waals surface area contributed by atoms with E-state index < -0.39 is 0 Å². The molecule has 1 amide bonds. The van der Waals surface area contributed by atoms with Gasteiger partial charge in [-0.2, -0.15) is 0 Å². The van der Waals surface area contributed by atoms with Crippen LogP contribution in [0.3, 0.4) is 0 Å². The Morgan fingerprint density at radius 1 is 1.71 bits per heavy atom. The maximum Gasteiger partial charge on any atom is 0.0479 e. The minimum Gasteiger partial charge on any atom is -0.654 e. The smallest absolute Gasteiger partial charge is 0.0479 e. The third kappa shape index (κ3) is 10.7. The average Bonchev–Trinajstić information content (AvgIpc) is 1.35. The second kappa shape index (κ2) is 6.16. The van der Waals surface area contributed by atoms with Crippen LogP contribution in [-0.2, 0) is 25.9 Å². The van der Waals surface area contributed by atoms with Gasteiger partial charge in [0, 0.05) is 27.0 Å². The van der Waals surface area contributed by atoms with Crippen LogP contribution in [-0.4, -0.2) is 12.5 Å². The van der Waals surface area contributed by atoms with Gasteiger partial charge in [0.25, 0.3) is 0 Å². The van der Waals surface area contributed by atoms with E-state index in [2.05, 4.69) is 5.32 Å². The normalized spacial score (nSPS) is 6.57. The number of hydrogen-bond donors (Lipinski definition) is 0. The first-order valence-corrected chi connectivity index (χ1v) is 1.95. The van der Waals surface area contributed by atoms with Crippen LogP contribution in [0.5, 0.6) is 0 Å². The monoisotopic (exact) mass is 270 g/mol. The number of carbonyl (C=O) groups is 1. The zero-order valence-corrected chi connectivity index (χ0v) is 7.40. The summed E-state index contributed by atoms with van der Waals surface area (Å²) >= 11 is 0. The number of amides is 1. The topological polar surface area (TPSA) is 31.2 Å². The Balaban J connectivity index is 0. The van der Waals surface area contributed by atoms with Crippen LogP contribution in [0.1, 0.15) is 13.8 Å². The summed E-state index contributed by atoms with van der Waals surface area (Å²) in [5, 5.41) is 3.49. The van der Waals surface area contributed by atoms with Crippen molar-refractivity contribution >= 4 is 5.91 Å². The van der Waals surface area contributed by atoms with E-state index in [0.29, 0.717) is 6.54 Å². The fourth-order valence-corrected chi connectivity index (χ4v) is 0.223. The van der Waals surface area contributed by atoms with Gasteiger partial charge in [0.1, 0.15) is 0 Å². The van der Waals surface area contributed by atoms with E-state index in [0.717, 1.165) is 0 Å². The maximum absolute atomic E-state index is 9.88. The first-order chi connectivity index (χ1) is 2.77. The third-order valence-corrected chi connectivity index (χ3v) is 0.381. The van der Waals surface area contributed by atoms with Gasteiger partial charge in [-0.1, -0.05) is 6.92 Å². The molecule has 0 radical (unpaired) electrons. The minimum atomic E-state index is -0.0856. The van der Waals surface area contributed by atoms with Crippen molar-refractivity contribution in [3.63, 3.8) is 0 Å². The van der Waals surface area contributed by atoms with Crippen LogP contribution < -0.4 is 0 Å². The number of nitrogens with zero attached hydrogens (tertiary/aromatic N) is 1. The first-order valence-electron chi connectivity index (χ1n) is 1.95. The Labute approximate surface area is 57.9 Å². The molecular weight excluding hydrogens is 262 g/mol. The van der Waals surface area contributed by atoms with Crippen molar-refractivity contribution < 1.29 is 25.9 Å². The van der Waals surface area contributed by atoms with E-state index in [1.807, 2.05) is 6.92 Å². The average molecular weight is 270 g/mol. The van der Waals surface area contributed by atoms with Gasteiger partial charge in [0.15, 0.2) is 0 Å². The van der Waals surface area contributed by atoms with Gasteiger partial charge in [-0.15, -0.1) is 6.54 Å². The van der Waals surface area contributed by atoms with Gasteiger partial charge in [-0.25, -0.2) is 0 Å². The Bertz CT molecular complexity index is 55.7. The van der Waals surface area contributed by atoms with Crippen molar-refractivity contribution in [2.75, 3.05) is 6.54 Å². The fraction of sp³-hybridized carbons (Fsp3) is 0.750. The van der Waals surface area contributed by atoms with E-state index in [1.165, 1.54) is 6.92 Å². The predicted molar refractivity (Wildman–Crippen MR) is 24.6 cm³/mol. The van der Waals surface area contributed by atoms with Crippen LogP contribution in [0.15, 0.2) is 0 Å². The van der Waals surface area contributed by atoms with Crippen LogP contribution in [0.2, 0.25) is 0 Å². The summed E-state index contributed by atoms with van der Waals surface area (Å²) in [5.41, 5.74) is 0. The zero-order chi connectivity index (χ0) is 4.99. The third-order valence-electron chi connectivity index (χ3n) is 0.381. The molecule has 0 rings (SSSR count). The molecule has 0 saturated heterocycles. The van der Waals surface area contributed by atoms with Crippen molar-refractivity contribution in [2.45, 2.75) is 13.8 Å². The fourth-order valence-electron chi connectivity index (χ4n) is 0.223. The number of carbonyl (C=O) groups excluding carboxylic acids is 1. The molecule has 0 aromatic rings. The summed E-state index contributed by atoms with van der Waals surface area (Å²) in [5.74, 6) is -0.0856. The molecule has 7 heavy (non-hydrogen) atoms. The molecule has 3 heteroatoms. The molecule has 0 aliphatic carbocycles. The Kier molecular flexibility index (Phi) is 8.98. The van der Waals surface area contributed by atoms with E-state index in [1.54, 1.807) is 0 Å². The molecule has 42 valence electrons. The Hall–Kier alpha value is 0.158. The van der Waals surface area contributed by atoms with E-state index >= 15 is 0 Å². The van der Waals surface area contributed by atoms with Gasteiger partial charge in [-0.3, -0.25) is 0 Å². The van der Waals surface area contributed by atoms with Crippen LogP contribution >= 0.6 is 0 Å². The van der Waals surface area contributed by atoms with E-state index in [4.69, 9.17) is 0 Å². The SMILES string of the molecule is CC[N-]C(C)=O.[W]. The largest absolute Gasteiger partial charge is 0.654 e. The van der Waals surface area contributed by atoms with Gasteiger partial charge >= 0.3 is 0 Å². The van der Waals surface area contributed by atoms with Crippen molar-refractivity contribution in [1.29, 1.82) is 0 Å². The maximum atomic E-state index is 9.88. The van der Waals surface area contributed by atoms with E-state index in [9.17, 15) is 4.79 Å². The molecule has 0 atom stereocenters. The van der Waals surface area contributed by atoms with Gasteiger partial charge in [-0.05, 0) is 6.92 Å². The first kappa shape index (κ1) is 10.2. The molecular formula is C4H8NOW-. The summed E-state index contributed by atoms with van der Waals surface area (Å²) in [4.78, 5) is 9.88. The summed E-state index contributed by atoms with van der Waals surface area (Å²) < 4.78 is 0. The summed E-state index contributed by atoms with van der Waals surface area (Å²) in [6, 6.07) is 0. The molecule has 2 nitrogen and oxygen atoms in total. The van der Waals surface area contributed by atoms with Gasteiger partial charge in [0.05, 0.1) is 0 Å². The molecule has 0 aliphatic rings. The standard InChI is InChI=1S/C4H9NO.W/c1-3-5-4(2)6;/h3H2,1-2H3,(H,5,6);/p-1. The molecule has 0 aromatic heterocycles. The second-order valence-electron chi connectivity index (χ2n) is 0.993. The Morgan fingerprint density at radius 3 is 2.14 bits per heavy atom. The van der Waals surface area contributed by atoms with Crippen molar-refractivity contribution in [2.24, 2.45) is 0 Å². The second-order valence-corrected chi connectivity index (χ2v) is 0.993. The van der Waals surface area contributed by atoms with Crippen LogP contribution in [0.4, 0.5) is 0 Å². The number of hydrogen-bond acceptors (Lipinski definition) is 1. The molecule has 0 saturated carbocycles. The Morgan fingerprint density at radius 2 is 2.14 bits per heavy atom. The molecule has 0 spiro atoms. The number of rotatable bonds is 1. The predicted octanol–water partition coefficient (Wildman–Crippen LogP) is 0.924. The van der Waals surface area contributed by atoms with Crippen LogP contribution in [0, 0.1) is 0 Å². The summed E-state index contributed by atoms with van der Waals surface area (Å²) in [6.45, 7) is 3.89. The van der Waals surface area contributed by atoms with Crippen molar-refractivity contribution in [1.82, 2.24) is 0 Å². The summed E-state index contributed by atoms with van der Waals surface area (Å²) in [6.07, 6.45) is 0. The minimum absolute atomic E-state index is 0. The molecule has 0 N–H and O–H groups in total. The summed E-state index contributed by atoms with van der Waals surface area (Å²) in [7, 11) is 0. The quantitative estimate of drug-likeness (QED) is 0.697. The van der Waals surface area contributed by atoms with Crippen LogP contribution in [0.25, 0.3) is 5.32 Å². The van der Waals surface area contributed by atoms with Crippen molar-refractivity contribution in [3.05, 3.63) is 5.32 Å². The van der Waals surface area contributed by atoms with Gasteiger partial charge in [0.2, 0.25) is 0 Å². The molecule has 0 heterocycles.